The lowest BCUT2D eigenvalue weighted by atomic mass is 9.91. The topological polar surface area (TPSA) is 355 Å². The number of rotatable bonds is 14. The first-order valence-corrected chi connectivity index (χ1v) is 48.6. The summed E-state index contributed by atoms with van der Waals surface area (Å²) in [5.41, 5.74) is 22.3. The van der Waals surface area contributed by atoms with Gasteiger partial charge in [-0.2, -0.15) is 27.4 Å². The quantitative estimate of drug-likeness (QED) is 0.0357. The number of aryl methyl sites for hydroxylation is 15. The van der Waals surface area contributed by atoms with E-state index in [1.165, 1.54) is 25.3 Å². The van der Waals surface area contributed by atoms with Gasteiger partial charge in [0.25, 0.3) is 0 Å². The molecule has 0 fully saturated rings. The average Bonchev–Trinajstić information content (AvgIpc) is 0.739. The van der Waals surface area contributed by atoms with E-state index < -0.39 is 0 Å². The lowest BCUT2D eigenvalue weighted by Gasteiger charge is -2.20. The van der Waals surface area contributed by atoms with Crippen LogP contribution in [0.1, 0.15) is 50.1 Å². The molecule has 762 valence electrons. The van der Waals surface area contributed by atoms with E-state index in [-0.39, 0.29) is 57.5 Å². The van der Waals surface area contributed by atoms with Crippen LogP contribution in [0, 0.1) is 20.8 Å². The van der Waals surface area contributed by atoms with Crippen molar-refractivity contribution in [3.63, 3.8) is 0 Å². The zero-order valence-corrected chi connectivity index (χ0v) is 85.9. The van der Waals surface area contributed by atoms with Crippen LogP contribution in [0.3, 0.4) is 0 Å². The molecular formula is C119H118N6O24+6. The zero-order valence-electron chi connectivity index (χ0n) is 85.9. The molecule has 30 nitrogen and oxygen atoms in total. The van der Waals surface area contributed by atoms with Gasteiger partial charge in [-0.25, -0.2) is 0 Å². The summed E-state index contributed by atoms with van der Waals surface area (Å²) in [4.78, 5) is 0. The van der Waals surface area contributed by atoms with Crippen LogP contribution in [-0.4, -0.2) is 151 Å². The largest absolute Gasteiger partial charge is 0.504 e. The highest BCUT2D eigenvalue weighted by Crippen LogP contribution is 2.51. The van der Waals surface area contributed by atoms with Gasteiger partial charge in [-0.15, -0.1) is 0 Å². The molecule has 24 rings (SSSR count). The number of phenols is 10. The van der Waals surface area contributed by atoms with Crippen LogP contribution >= 0.6 is 0 Å². The number of aromatic nitrogens is 6. The first-order chi connectivity index (χ1) is 72.1. The number of ether oxygens (including phenoxy) is 14. The predicted molar refractivity (Wildman–Crippen MR) is 562 cm³/mol. The Balaban J connectivity index is 0.000000112. The van der Waals surface area contributed by atoms with Crippen LogP contribution < -0.4 is 93.7 Å². The fourth-order valence-electron chi connectivity index (χ4n) is 21.8. The molecule has 6 aromatic heterocycles. The number of benzene rings is 12. The van der Waals surface area contributed by atoms with Gasteiger partial charge >= 0.3 is 0 Å². The second-order valence-corrected chi connectivity index (χ2v) is 37.0. The van der Waals surface area contributed by atoms with Gasteiger partial charge in [0.15, 0.2) is 214 Å². The van der Waals surface area contributed by atoms with Crippen LogP contribution in [0.15, 0.2) is 201 Å². The van der Waals surface area contributed by atoms with Crippen LogP contribution in [0.2, 0.25) is 0 Å². The second kappa shape index (κ2) is 41.1. The van der Waals surface area contributed by atoms with Crippen LogP contribution in [0.5, 0.6) is 138 Å². The van der Waals surface area contributed by atoms with E-state index in [4.69, 9.17) is 66.3 Å². The second-order valence-electron chi connectivity index (χ2n) is 37.0. The van der Waals surface area contributed by atoms with Crippen molar-refractivity contribution in [3.05, 3.63) is 251 Å². The molecular weight excluding hydrogens is 1900 g/mol. The molecule has 12 heterocycles. The molecule has 6 aliphatic rings. The molecule has 12 aromatic carbocycles. The molecule has 0 radical (unpaired) electrons. The van der Waals surface area contributed by atoms with Crippen LogP contribution in [0.4, 0.5) is 0 Å². The molecule has 10 N–H and O–H groups in total. The van der Waals surface area contributed by atoms with Gasteiger partial charge in [-0.3, -0.25) is 0 Å². The Labute approximate surface area is 859 Å². The van der Waals surface area contributed by atoms with Gasteiger partial charge in [0.1, 0.15) is 0 Å². The number of fused-ring (bicyclic) bond motifs is 24. The Morgan fingerprint density at radius 1 is 0.188 bits per heavy atom. The summed E-state index contributed by atoms with van der Waals surface area (Å²) in [5.74, 6) is 9.23. The molecule has 0 bridgehead atoms. The molecule has 149 heavy (non-hydrogen) atoms. The van der Waals surface area contributed by atoms with Gasteiger partial charge in [0.05, 0.1) is 165 Å². The number of methoxy groups -OCH3 is 14. The van der Waals surface area contributed by atoms with Crippen molar-refractivity contribution in [2.75, 3.05) is 99.5 Å². The van der Waals surface area contributed by atoms with Crippen molar-refractivity contribution in [2.45, 2.75) is 98.6 Å². The number of hydrogen-bond acceptors (Lipinski definition) is 24. The summed E-state index contributed by atoms with van der Waals surface area (Å²) in [6.07, 6.45) is 17.2. The first-order valence-electron chi connectivity index (χ1n) is 48.6. The Morgan fingerprint density at radius 2 is 0.416 bits per heavy atom. The summed E-state index contributed by atoms with van der Waals surface area (Å²) in [6, 6.07) is 50.8. The summed E-state index contributed by atoms with van der Waals surface area (Å²) in [6.45, 7) is 11.1. The minimum absolute atomic E-state index is 0.0944. The van der Waals surface area contributed by atoms with E-state index in [2.05, 4.69) is 85.7 Å². The Morgan fingerprint density at radius 3 is 0.792 bits per heavy atom. The van der Waals surface area contributed by atoms with Gasteiger partial charge in [-0.1, -0.05) is 0 Å². The lowest BCUT2D eigenvalue weighted by Crippen LogP contribution is -2.40. The van der Waals surface area contributed by atoms with E-state index in [9.17, 15) is 51.1 Å². The van der Waals surface area contributed by atoms with Crippen molar-refractivity contribution >= 4 is 64.6 Å². The molecule has 0 amide bonds. The third-order valence-corrected chi connectivity index (χ3v) is 29.2. The first kappa shape index (κ1) is 100. The number of aromatic hydroxyl groups is 10. The lowest BCUT2D eigenvalue weighted by molar-refractivity contribution is -0.686. The molecule has 0 spiro atoms. The third-order valence-electron chi connectivity index (χ3n) is 29.2. The maximum atomic E-state index is 10.4. The Bertz CT molecular complexity index is 8480. The summed E-state index contributed by atoms with van der Waals surface area (Å²) < 4.78 is 88.6. The summed E-state index contributed by atoms with van der Waals surface area (Å²) in [7, 11) is 22.6. The monoisotopic (exact) mass is 2010 g/mol. The molecule has 0 saturated heterocycles. The maximum Gasteiger partial charge on any atom is 0.216 e. The van der Waals surface area contributed by atoms with Crippen molar-refractivity contribution in [3.8, 4) is 206 Å². The molecule has 0 unspecified atom stereocenters. The van der Waals surface area contributed by atoms with Gasteiger partial charge < -0.3 is 117 Å². The third kappa shape index (κ3) is 17.9. The average molecular weight is 2020 g/mol. The molecule has 0 saturated carbocycles. The highest BCUT2D eigenvalue weighted by molar-refractivity contribution is 5.99. The van der Waals surface area contributed by atoms with E-state index in [0.717, 1.165) is 289 Å². The number of pyridine rings is 6. The molecule has 30 heteroatoms. The van der Waals surface area contributed by atoms with Crippen LogP contribution in [-0.2, 0) is 77.8 Å². The molecule has 6 aliphatic heterocycles. The van der Waals surface area contributed by atoms with E-state index in [1.807, 2.05) is 109 Å². The molecule has 18 aromatic rings. The van der Waals surface area contributed by atoms with Crippen LogP contribution in [0.25, 0.3) is 132 Å². The maximum absolute atomic E-state index is 10.4. The van der Waals surface area contributed by atoms with Gasteiger partial charge in [0.2, 0.25) is 34.2 Å². The minimum atomic E-state index is -0.130. The normalized spacial score (nSPS) is 12.5. The van der Waals surface area contributed by atoms with Gasteiger partial charge in [-0.05, 0) is 216 Å². The summed E-state index contributed by atoms with van der Waals surface area (Å²) in [5, 5.41) is 112. The van der Waals surface area contributed by atoms with Crippen molar-refractivity contribution in [1.29, 1.82) is 0 Å². The summed E-state index contributed by atoms with van der Waals surface area (Å²) >= 11 is 0. The van der Waals surface area contributed by atoms with Crippen molar-refractivity contribution in [2.24, 2.45) is 0 Å². The Hall–Kier alpha value is -17.7. The smallest absolute Gasteiger partial charge is 0.216 e. The van der Waals surface area contributed by atoms with E-state index in [0.29, 0.717) is 40.2 Å². The van der Waals surface area contributed by atoms with Gasteiger partial charge in [0, 0.05) is 89.6 Å². The minimum Gasteiger partial charge on any atom is -0.504 e. The number of hydrogen-bond donors (Lipinski definition) is 10. The fourth-order valence-corrected chi connectivity index (χ4v) is 21.8. The predicted octanol–water partition coefficient (Wildman–Crippen LogP) is 18.2. The molecule has 0 atom stereocenters. The Kier molecular flexibility index (Phi) is 27.6. The highest BCUT2D eigenvalue weighted by Gasteiger charge is 2.37. The van der Waals surface area contributed by atoms with E-state index >= 15 is 0 Å². The van der Waals surface area contributed by atoms with Crippen molar-refractivity contribution in [1.82, 2.24) is 0 Å². The SMILES string of the molecule is COc1cc2c(cc1O)-c1c(C)c3ccc(OC)c(OC)c3c[n+]1CC2.COc1cc2c(cc1O)-c1cc3ccc(OC)c(OC)c3c[n+]1CC2.COc1cc2c(cc1O)CC[n+]1cc3c(OC)c(OC)ccc3c(C)c1-2.COc1cc2c(cc1O)CC[n+]1cc3c(OC)c(OC)ccc3cc1-2.COc1ccc2c(C)c3[n+](cc2c1O)CCc1cc(O)c(O)cc1-3.COc1ccc2cc3[n+](cc2c1O)CCc1cc(O)c(O)cc1-3. The number of nitrogens with zero attached hydrogens (tertiary/aromatic N) is 6. The molecule has 0 aliphatic carbocycles. The zero-order chi connectivity index (χ0) is 105. The van der Waals surface area contributed by atoms with Crippen molar-refractivity contribution < 1.29 is 145 Å². The highest BCUT2D eigenvalue weighted by atomic mass is 16.5. The fraction of sp³-hybridized carbons (Fsp3) is 0.244. The van der Waals surface area contributed by atoms with E-state index in [1.54, 1.807) is 140 Å². The standard InChI is InChI=1S/2C21H21NO4.2C20H19NO4.C19H17NO4.C18H15NO4/c1-12-14-5-6-18(24-2)21(26-4)16(14)11-22-8-7-13-9-19(25-3)17(23)10-15(13)20(12)22;1-12-14-5-6-18(24-2)21(26-4)16(14)11-22-8-7-13-9-17(23)19(25-3)10-15(13)20(12)22;1-23-18-5-4-12-8-16-14-10-17(22)19(24-2)9-13(14)6-7-21(16)11-15(12)20(18)25-3;1-23-18-5-4-12-8-16-14-10-19(24-2)17(22)9-13(14)6-7-21(16)11-15(12)20(18)25-3;1-10-12-3-4-17(24-2)19(23)14(12)9-20-6-5-11-7-15(21)16(22)8-13(11)18(10)20;1-23-17-3-2-10-6-14-12-8-16(21)15(20)7-11(12)4-5-19(14)9-13(10)18(17)22/h2*5-6,9-11H,7-8H2,1-4H3;2*4-5,8-11H,6-7H2,1-3H3;3-4,7-9H,5-6H2,1-2H3,(H2,21,22,23);2-3,6-9H,4-5H2,1H3,(H2,20,21,22)/p+6. The number of phenolic OH excluding ortho intramolecular Hbond substituents is 10.